The molecular weight excluding hydrogens is 174 g/mol. The van der Waals surface area contributed by atoms with Crippen LogP contribution in [0.25, 0.3) is 10.4 Å². The van der Waals surface area contributed by atoms with E-state index in [2.05, 4.69) is 40.9 Å². The minimum atomic E-state index is 0.228. The van der Waals surface area contributed by atoms with Crippen LogP contribution in [0.15, 0.2) is 29.4 Å². The van der Waals surface area contributed by atoms with E-state index in [-0.39, 0.29) is 6.54 Å². The van der Waals surface area contributed by atoms with Crippen LogP contribution >= 0.6 is 0 Å². The van der Waals surface area contributed by atoms with E-state index in [4.69, 9.17) is 5.53 Å². The summed E-state index contributed by atoms with van der Waals surface area (Å²) in [6.07, 6.45) is 1.03. The molecule has 1 aromatic rings. The van der Waals surface area contributed by atoms with Crippen molar-refractivity contribution in [2.24, 2.45) is 5.11 Å². The van der Waals surface area contributed by atoms with Crippen molar-refractivity contribution < 1.29 is 0 Å². The number of aryl methyl sites for hydroxylation is 1. The fourth-order valence-corrected chi connectivity index (χ4v) is 1.03. The van der Waals surface area contributed by atoms with Crippen LogP contribution in [0.5, 0.6) is 0 Å². The Labute approximate surface area is 83.4 Å². The first-order valence-electron chi connectivity index (χ1n) is 4.45. The molecule has 0 unspecified atom stereocenters. The van der Waals surface area contributed by atoms with E-state index < -0.39 is 0 Å². The van der Waals surface area contributed by atoms with Gasteiger partial charge in [0.15, 0.2) is 0 Å². The molecule has 0 saturated carbocycles. The zero-order valence-electron chi connectivity index (χ0n) is 8.07. The number of hydrogen-bond acceptors (Lipinski definition) is 1. The Morgan fingerprint density at radius 3 is 2.64 bits per heavy atom. The second-order valence-electron chi connectivity index (χ2n) is 2.74. The first-order chi connectivity index (χ1) is 6.86. The predicted octanol–water partition coefficient (Wildman–Crippen LogP) is 2.91. The van der Waals surface area contributed by atoms with E-state index in [9.17, 15) is 0 Å². The molecule has 0 amide bonds. The third-order valence-electron chi connectivity index (χ3n) is 1.81. The lowest BCUT2D eigenvalue weighted by Gasteiger charge is -1.94. The summed E-state index contributed by atoms with van der Waals surface area (Å²) in [6, 6.07) is 8.05. The fraction of sp³-hybridized carbons (Fsp3) is 0.273. The standard InChI is InChI=1S/C11H11N3/c1-2-10-5-7-11(8-6-10)4-3-9-13-14-12/h5-8H,2,9H2,1H3. The highest BCUT2D eigenvalue weighted by atomic mass is 15.1. The van der Waals surface area contributed by atoms with E-state index in [1.165, 1.54) is 5.56 Å². The molecule has 0 aliphatic rings. The zero-order chi connectivity index (χ0) is 10.2. The molecule has 3 nitrogen and oxygen atoms in total. The Morgan fingerprint density at radius 1 is 1.36 bits per heavy atom. The normalized spacial score (nSPS) is 8.36. The second-order valence-corrected chi connectivity index (χ2v) is 2.74. The molecule has 0 aromatic heterocycles. The average molecular weight is 185 g/mol. The Kier molecular flexibility index (Phi) is 4.13. The molecule has 0 saturated heterocycles. The molecule has 0 bridgehead atoms. The van der Waals surface area contributed by atoms with E-state index in [1.54, 1.807) is 0 Å². The van der Waals surface area contributed by atoms with Gasteiger partial charge in [-0.1, -0.05) is 36.0 Å². The van der Waals surface area contributed by atoms with Crippen molar-refractivity contribution in [2.75, 3.05) is 6.54 Å². The summed E-state index contributed by atoms with van der Waals surface area (Å²) in [5.41, 5.74) is 10.3. The van der Waals surface area contributed by atoms with Crippen molar-refractivity contribution >= 4 is 0 Å². The third-order valence-corrected chi connectivity index (χ3v) is 1.81. The Hall–Kier alpha value is -1.91. The highest BCUT2D eigenvalue weighted by Gasteiger charge is 1.87. The van der Waals surface area contributed by atoms with Crippen LogP contribution in [0.1, 0.15) is 18.1 Å². The van der Waals surface area contributed by atoms with Crippen molar-refractivity contribution in [3.05, 3.63) is 45.8 Å². The van der Waals surface area contributed by atoms with Crippen LogP contribution in [0, 0.1) is 11.8 Å². The molecule has 1 aromatic carbocycles. The van der Waals surface area contributed by atoms with Crippen LogP contribution in [0.2, 0.25) is 0 Å². The summed E-state index contributed by atoms with van der Waals surface area (Å²) in [4.78, 5) is 2.62. The SMILES string of the molecule is CCc1ccc(C#CCN=[N+]=[N-])cc1. The lowest BCUT2D eigenvalue weighted by Crippen LogP contribution is -1.80. The van der Waals surface area contributed by atoms with Gasteiger partial charge in [-0.2, -0.15) is 0 Å². The van der Waals surface area contributed by atoms with Gasteiger partial charge in [-0.15, -0.1) is 0 Å². The van der Waals surface area contributed by atoms with Crippen molar-refractivity contribution in [1.29, 1.82) is 0 Å². The molecule has 0 fully saturated rings. The molecule has 0 heterocycles. The highest BCUT2D eigenvalue weighted by Crippen LogP contribution is 2.03. The minimum absolute atomic E-state index is 0.228. The number of nitrogens with zero attached hydrogens (tertiary/aromatic N) is 3. The highest BCUT2D eigenvalue weighted by molar-refractivity contribution is 5.36. The van der Waals surface area contributed by atoms with Gasteiger partial charge in [0.25, 0.3) is 0 Å². The second kappa shape index (κ2) is 5.69. The van der Waals surface area contributed by atoms with Crippen molar-refractivity contribution in [3.8, 4) is 11.8 Å². The van der Waals surface area contributed by atoms with Crippen LogP contribution in [0.4, 0.5) is 0 Å². The van der Waals surface area contributed by atoms with Gasteiger partial charge in [0.2, 0.25) is 0 Å². The largest absolute Gasteiger partial charge is 0.0919 e. The maximum Gasteiger partial charge on any atom is 0.0880 e. The van der Waals surface area contributed by atoms with E-state index in [0.717, 1.165) is 12.0 Å². The Bertz CT molecular complexity index is 389. The lowest BCUT2D eigenvalue weighted by atomic mass is 10.1. The van der Waals surface area contributed by atoms with Crippen LogP contribution in [-0.4, -0.2) is 6.54 Å². The summed E-state index contributed by atoms with van der Waals surface area (Å²) >= 11 is 0. The van der Waals surface area contributed by atoms with Crippen LogP contribution < -0.4 is 0 Å². The van der Waals surface area contributed by atoms with E-state index in [1.807, 2.05) is 12.1 Å². The lowest BCUT2D eigenvalue weighted by molar-refractivity contribution is 1.14. The molecule has 1 rings (SSSR count). The van der Waals surface area contributed by atoms with Crippen molar-refractivity contribution in [1.82, 2.24) is 0 Å². The number of rotatable bonds is 2. The smallest absolute Gasteiger partial charge is 0.0880 e. The van der Waals surface area contributed by atoms with Gasteiger partial charge in [0.1, 0.15) is 0 Å². The van der Waals surface area contributed by atoms with Gasteiger partial charge in [-0.3, -0.25) is 0 Å². The summed E-state index contributed by atoms with van der Waals surface area (Å²) in [6.45, 7) is 2.34. The van der Waals surface area contributed by atoms with Crippen molar-refractivity contribution in [2.45, 2.75) is 13.3 Å². The van der Waals surface area contributed by atoms with Gasteiger partial charge in [0.05, 0.1) is 6.54 Å². The van der Waals surface area contributed by atoms with Gasteiger partial charge in [-0.25, -0.2) is 0 Å². The number of benzene rings is 1. The van der Waals surface area contributed by atoms with Crippen LogP contribution in [0.3, 0.4) is 0 Å². The van der Waals surface area contributed by atoms with Crippen LogP contribution in [-0.2, 0) is 6.42 Å². The minimum Gasteiger partial charge on any atom is -0.0919 e. The maximum atomic E-state index is 8.02. The molecule has 14 heavy (non-hydrogen) atoms. The first kappa shape index (κ1) is 10.2. The first-order valence-corrected chi connectivity index (χ1v) is 4.45. The van der Waals surface area contributed by atoms with Crippen molar-refractivity contribution in [3.63, 3.8) is 0 Å². The third kappa shape index (κ3) is 3.22. The quantitative estimate of drug-likeness (QED) is 0.294. The van der Waals surface area contributed by atoms with Gasteiger partial charge >= 0.3 is 0 Å². The predicted molar refractivity (Wildman–Crippen MR) is 56.7 cm³/mol. The maximum absolute atomic E-state index is 8.02. The molecule has 0 N–H and O–H groups in total. The average Bonchev–Trinajstić information content (AvgIpc) is 2.25. The van der Waals surface area contributed by atoms with E-state index in [0.29, 0.717) is 0 Å². The monoisotopic (exact) mass is 185 g/mol. The Morgan fingerprint density at radius 2 is 2.07 bits per heavy atom. The summed E-state index contributed by atoms with van der Waals surface area (Å²) < 4.78 is 0. The summed E-state index contributed by atoms with van der Waals surface area (Å²) in [5, 5.41) is 3.33. The summed E-state index contributed by atoms with van der Waals surface area (Å²) in [7, 11) is 0. The number of hydrogen-bond donors (Lipinski definition) is 0. The zero-order valence-corrected chi connectivity index (χ0v) is 8.07. The van der Waals surface area contributed by atoms with E-state index >= 15 is 0 Å². The molecular formula is C11H11N3. The van der Waals surface area contributed by atoms with Gasteiger partial charge in [0, 0.05) is 10.5 Å². The van der Waals surface area contributed by atoms with Gasteiger partial charge < -0.3 is 0 Å². The molecule has 0 radical (unpaired) electrons. The topological polar surface area (TPSA) is 48.8 Å². The molecule has 0 atom stereocenters. The molecule has 0 aliphatic heterocycles. The van der Waals surface area contributed by atoms with Gasteiger partial charge in [-0.05, 0) is 29.6 Å². The number of azide groups is 1. The molecule has 3 heteroatoms. The molecule has 0 spiro atoms. The fourth-order valence-electron chi connectivity index (χ4n) is 1.03. The molecule has 0 aliphatic carbocycles. The summed E-state index contributed by atoms with van der Waals surface area (Å²) in [5.74, 6) is 5.69. The Balaban J connectivity index is 2.66. The molecule has 70 valence electrons.